The molecule has 0 N–H and O–H groups in total. The number of Topliss-reactive ketones (excluding diaryl/α,β-unsaturated/α-hetero) is 1. The van der Waals surface area contributed by atoms with Crippen molar-refractivity contribution in [3.8, 4) is 0 Å². The molecule has 0 aliphatic carbocycles. The molecule has 5 heteroatoms. The van der Waals surface area contributed by atoms with E-state index in [4.69, 9.17) is 0 Å². The van der Waals surface area contributed by atoms with Crippen LogP contribution in [0.1, 0.15) is 23.0 Å². The van der Waals surface area contributed by atoms with Crippen LogP contribution in [0.25, 0.3) is 0 Å². The Morgan fingerprint density at radius 2 is 1.91 bits per heavy atom. The van der Waals surface area contributed by atoms with Gasteiger partial charge in [0.25, 0.3) is 0 Å². The van der Waals surface area contributed by atoms with Crippen LogP contribution in [0.4, 0.5) is 10.1 Å². The van der Waals surface area contributed by atoms with Crippen molar-refractivity contribution in [2.24, 2.45) is 0 Å². The highest BCUT2D eigenvalue weighted by molar-refractivity contribution is 6.00. The number of carbonyl (C=O) groups excluding carboxylic acids is 1. The molecule has 0 saturated carbocycles. The minimum absolute atomic E-state index is 0.200. The summed E-state index contributed by atoms with van der Waals surface area (Å²) in [5.74, 6) is -0.667. The van der Waals surface area contributed by atoms with E-state index in [2.05, 4.69) is 14.8 Å². The van der Waals surface area contributed by atoms with Gasteiger partial charge >= 0.3 is 0 Å². The van der Waals surface area contributed by atoms with Crippen molar-refractivity contribution in [3.63, 3.8) is 0 Å². The molecule has 1 aromatic heterocycles. The van der Waals surface area contributed by atoms with Gasteiger partial charge in [0.15, 0.2) is 5.78 Å². The van der Waals surface area contributed by atoms with Crippen LogP contribution in [0, 0.1) is 5.82 Å². The predicted molar refractivity (Wildman–Crippen MR) is 88.1 cm³/mol. The van der Waals surface area contributed by atoms with Gasteiger partial charge in [-0.25, -0.2) is 4.39 Å². The molecule has 1 aliphatic rings. The van der Waals surface area contributed by atoms with Crippen molar-refractivity contribution in [3.05, 3.63) is 59.7 Å². The summed E-state index contributed by atoms with van der Waals surface area (Å²) in [4.78, 5) is 20.5. The summed E-state index contributed by atoms with van der Waals surface area (Å²) < 4.78 is 14.0. The van der Waals surface area contributed by atoms with Gasteiger partial charge < -0.3 is 4.90 Å². The summed E-state index contributed by atoms with van der Waals surface area (Å²) in [6.45, 7) is 5.51. The SMILES string of the molecule is CC(=O)c1c(F)cccc1N1CCN(Cc2ccccn2)CC1. The highest BCUT2D eigenvalue weighted by Crippen LogP contribution is 2.25. The number of benzene rings is 1. The van der Waals surface area contributed by atoms with Crippen LogP contribution >= 0.6 is 0 Å². The van der Waals surface area contributed by atoms with Crippen LogP contribution in [-0.2, 0) is 6.54 Å². The Hall–Kier alpha value is -2.27. The number of nitrogens with zero attached hydrogens (tertiary/aromatic N) is 3. The van der Waals surface area contributed by atoms with Crippen LogP contribution in [-0.4, -0.2) is 41.8 Å². The van der Waals surface area contributed by atoms with Crippen molar-refractivity contribution in [1.29, 1.82) is 0 Å². The number of piperazine rings is 1. The van der Waals surface area contributed by atoms with Crippen LogP contribution < -0.4 is 4.90 Å². The summed E-state index contributed by atoms with van der Waals surface area (Å²) in [5.41, 5.74) is 1.96. The molecule has 0 amide bonds. The van der Waals surface area contributed by atoms with E-state index in [9.17, 15) is 9.18 Å². The highest BCUT2D eigenvalue weighted by atomic mass is 19.1. The predicted octanol–water partition coefficient (Wildman–Crippen LogP) is 2.75. The van der Waals surface area contributed by atoms with E-state index < -0.39 is 5.82 Å². The molecule has 2 aromatic rings. The normalized spacial score (nSPS) is 15.7. The molecule has 23 heavy (non-hydrogen) atoms. The van der Waals surface area contributed by atoms with E-state index in [0.29, 0.717) is 5.69 Å². The second-order valence-electron chi connectivity index (χ2n) is 5.77. The lowest BCUT2D eigenvalue weighted by Gasteiger charge is -2.36. The maximum Gasteiger partial charge on any atom is 0.164 e. The lowest BCUT2D eigenvalue weighted by Crippen LogP contribution is -2.46. The maximum atomic E-state index is 14.0. The van der Waals surface area contributed by atoms with Crippen LogP contribution in [0.3, 0.4) is 0 Å². The van der Waals surface area contributed by atoms with Gasteiger partial charge in [0.2, 0.25) is 0 Å². The molecule has 1 fully saturated rings. The van der Waals surface area contributed by atoms with E-state index in [1.165, 1.54) is 13.0 Å². The topological polar surface area (TPSA) is 36.4 Å². The third-order valence-electron chi connectivity index (χ3n) is 4.17. The summed E-state index contributed by atoms with van der Waals surface area (Å²) >= 11 is 0. The van der Waals surface area contributed by atoms with Crippen LogP contribution in [0.15, 0.2) is 42.6 Å². The maximum absolute atomic E-state index is 14.0. The van der Waals surface area contributed by atoms with Gasteiger partial charge in [0.05, 0.1) is 16.9 Å². The zero-order chi connectivity index (χ0) is 16.2. The lowest BCUT2D eigenvalue weighted by molar-refractivity contribution is 0.101. The fraction of sp³-hybridized carbons (Fsp3) is 0.333. The number of ketones is 1. The number of aromatic nitrogens is 1. The fourth-order valence-corrected chi connectivity index (χ4v) is 2.99. The molecule has 2 heterocycles. The minimum Gasteiger partial charge on any atom is -0.368 e. The first kappa shape index (κ1) is 15.6. The van der Waals surface area contributed by atoms with Gasteiger partial charge in [0.1, 0.15) is 5.82 Å². The first-order chi connectivity index (χ1) is 11.1. The van der Waals surface area contributed by atoms with Crippen LogP contribution in [0.2, 0.25) is 0 Å². The van der Waals surface area contributed by atoms with Gasteiger partial charge in [0, 0.05) is 38.9 Å². The number of pyridine rings is 1. The zero-order valence-electron chi connectivity index (χ0n) is 13.2. The Morgan fingerprint density at radius 3 is 2.57 bits per heavy atom. The quantitative estimate of drug-likeness (QED) is 0.813. The first-order valence-corrected chi connectivity index (χ1v) is 7.82. The Kier molecular flexibility index (Phi) is 4.67. The molecule has 0 radical (unpaired) electrons. The molecular weight excluding hydrogens is 293 g/mol. The van der Waals surface area contributed by atoms with Gasteiger partial charge in [-0.1, -0.05) is 12.1 Å². The third-order valence-corrected chi connectivity index (χ3v) is 4.17. The summed E-state index contributed by atoms with van der Waals surface area (Å²) in [6.07, 6.45) is 1.80. The van der Waals surface area contributed by atoms with Crippen LogP contribution in [0.5, 0.6) is 0 Å². The van der Waals surface area contributed by atoms with E-state index in [-0.39, 0.29) is 11.3 Å². The second kappa shape index (κ2) is 6.87. The minimum atomic E-state index is -0.439. The standard InChI is InChI=1S/C18H20FN3O/c1-14(23)18-16(19)6-4-7-17(18)22-11-9-21(10-12-22)13-15-5-2-3-8-20-15/h2-8H,9-13H2,1H3. The highest BCUT2D eigenvalue weighted by Gasteiger charge is 2.22. The van der Waals surface area contributed by atoms with Gasteiger partial charge in [-0.05, 0) is 31.2 Å². The number of anilines is 1. The Labute approximate surface area is 135 Å². The van der Waals surface area contributed by atoms with Crippen molar-refractivity contribution in [2.45, 2.75) is 13.5 Å². The van der Waals surface area contributed by atoms with Crippen molar-refractivity contribution in [1.82, 2.24) is 9.88 Å². The van der Waals surface area contributed by atoms with Crippen molar-refractivity contribution in [2.75, 3.05) is 31.1 Å². The fourth-order valence-electron chi connectivity index (χ4n) is 2.99. The molecular formula is C18H20FN3O. The van der Waals surface area contributed by atoms with E-state index in [1.807, 2.05) is 24.3 Å². The van der Waals surface area contributed by atoms with Gasteiger partial charge in [-0.3, -0.25) is 14.7 Å². The summed E-state index contributed by atoms with van der Waals surface area (Å²) in [6, 6.07) is 10.8. The average molecular weight is 313 g/mol. The average Bonchev–Trinajstić information content (AvgIpc) is 2.56. The largest absolute Gasteiger partial charge is 0.368 e. The summed E-state index contributed by atoms with van der Waals surface area (Å²) in [7, 11) is 0. The monoisotopic (exact) mass is 313 g/mol. The molecule has 1 aromatic carbocycles. The number of carbonyl (C=O) groups is 1. The van der Waals surface area contributed by atoms with E-state index in [1.54, 1.807) is 12.3 Å². The first-order valence-electron chi connectivity index (χ1n) is 7.82. The molecule has 4 nitrogen and oxygen atoms in total. The molecule has 0 spiro atoms. The Morgan fingerprint density at radius 1 is 1.13 bits per heavy atom. The molecule has 0 unspecified atom stereocenters. The number of hydrogen-bond donors (Lipinski definition) is 0. The summed E-state index contributed by atoms with van der Waals surface area (Å²) in [5, 5.41) is 0. The molecule has 1 saturated heterocycles. The van der Waals surface area contributed by atoms with E-state index in [0.717, 1.165) is 38.4 Å². The van der Waals surface area contributed by atoms with Crippen molar-refractivity contribution < 1.29 is 9.18 Å². The second-order valence-corrected chi connectivity index (χ2v) is 5.77. The zero-order valence-corrected chi connectivity index (χ0v) is 13.2. The van der Waals surface area contributed by atoms with E-state index >= 15 is 0 Å². The Balaban J connectivity index is 1.68. The Bertz CT molecular complexity index is 682. The molecule has 0 atom stereocenters. The van der Waals surface area contributed by atoms with Gasteiger partial charge in [-0.15, -0.1) is 0 Å². The number of halogens is 1. The smallest absolute Gasteiger partial charge is 0.164 e. The van der Waals surface area contributed by atoms with Crippen molar-refractivity contribution >= 4 is 11.5 Å². The molecule has 0 bridgehead atoms. The third kappa shape index (κ3) is 3.56. The van der Waals surface area contributed by atoms with Gasteiger partial charge in [-0.2, -0.15) is 0 Å². The number of hydrogen-bond acceptors (Lipinski definition) is 4. The lowest BCUT2D eigenvalue weighted by atomic mass is 10.1. The number of rotatable bonds is 4. The molecule has 1 aliphatic heterocycles. The molecule has 3 rings (SSSR count). The molecule has 120 valence electrons.